The summed E-state index contributed by atoms with van der Waals surface area (Å²) in [5.74, 6) is -0.416. The van der Waals surface area contributed by atoms with Crippen LogP contribution in [0.1, 0.15) is 61.4 Å². The van der Waals surface area contributed by atoms with Crippen LogP contribution in [0, 0.1) is 0 Å². The molecule has 1 aromatic rings. The quantitative estimate of drug-likeness (QED) is 0.897. The number of rotatable bonds is 5. The molecule has 0 unspecified atom stereocenters. The summed E-state index contributed by atoms with van der Waals surface area (Å²) in [7, 11) is 0. The molecule has 1 aliphatic rings. The number of hydrogen-bond donors (Lipinski definition) is 1. The number of aromatic nitrogens is 2. The molecule has 1 N–H and O–H groups in total. The molecule has 2 heterocycles. The minimum atomic E-state index is -0.998. The molecule has 0 radical (unpaired) electrons. The Labute approximate surface area is 124 Å². The van der Waals surface area contributed by atoms with Crippen LogP contribution in [-0.2, 0) is 15.1 Å². The molecular formula is C15H22N2O4. The number of carboxylic acid groups (broad SMARTS) is 1. The van der Waals surface area contributed by atoms with Gasteiger partial charge in [0.05, 0.1) is 11.3 Å². The van der Waals surface area contributed by atoms with Gasteiger partial charge in [-0.15, -0.1) is 0 Å². The zero-order chi connectivity index (χ0) is 15.5. The third-order valence-electron chi connectivity index (χ3n) is 3.72. The van der Waals surface area contributed by atoms with Gasteiger partial charge in [0.25, 0.3) is 0 Å². The summed E-state index contributed by atoms with van der Waals surface area (Å²) in [6.07, 6.45) is 2.77. The van der Waals surface area contributed by atoms with Gasteiger partial charge in [0.2, 0.25) is 0 Å². The molecule has 0 aliphatic carbocycles. The summed E-state index contributed by atoms with van der Waals surface area (Å²) in [6, 6.07) is 0. The van der Waals surface area contributed by atoms with E-state index in [1.807, 2.05) is 20.8 Å². The molecule has 6 nitrogen and oxygen atoms in total. The highest BCUT2D eigenvalue weighted by Crippen LogP contribution is 2.34. The first kappa shape index (κ1) is 15.9. The van der Waals surface area contributed by atoms with Gasteiger partial charge in [-0.25, -0.2) is 14.8 Å². The zero-order valence-corrected chi connectivity index (χ0v) is 12.8. The van der Waals surface area contributed by atoms with Crippen LogP contribution in [0.25, 0.3) is 0 Å². The van der Waals surface area contributed by atoms with Gasteiger partial charge in [-0.3, -0.25) is 0 Å². The topological polar surface area (TPSA) is 81.5 Å². The molecule has 0 aromatic carbocycles. The van der Waals surface area contributed by atoms with Crippen LogP contribution in [0.3, 0.4) is 0 Å². The SMILES string of the molecule is CCOC1(c2ncc(C(=O)O)c(C(C)C)n2)CCOCC1. The highest BCUT2D eigenvalue weighted by atomic mass is 16.5. The van der Waals surface area contributed by atoms with Gasteiger partial charge in [-0.05, 0) is 12.8 Å². The second-order valence-electron chi connectivity index (χ2n) is 5.49. The van der Waals surface area contributed by atoms with Crippen molar-refractivity contribution >= 4 is 5.97 Å². The summed E-state index contributed by atoms with van der Waals surface area (Å²) in [6.45, 7) is 7.54. The van der Waals surface area contributed by atoms with E-state index in [0.29, 0.717) is 44.2 Å². The lowest BCUT2D eigenvalue weighted by Gasteiger charge is -2.35. The van der Waals surface area contributed by atoms with Crippen molar-refractivity contribution in [3.8, 4) is 0 Å². The molecule has 0 spiro atoms. The average molecular weight is 294 g/mol. The lowest BCUT2D eigenvalue weighted by Crippen LogP contribution is -2.38. The standard InChI is InChI=1S/C15H22N2O4/c1-4-21-15(5-7-20-8-6-15)14-16-9-11(13(18)19)12(17-14)10(2)3/h9-10H,4-8H2,1-3H3,(H,18,19). The fourth-order valence-electron chi connectivity index (χ4n) is 2.63. The van der Waals surface area contributed by atoms with E-state index in [0.717, 1.165) is 0 Å². The Kier molecular flexibility index (Phi) is 4.90. The van der Waals surface area contributed by atoms with E-state index in [4.69, 9.17) is 9.47 Å². The van der Waals surface area contributed by atoms with Crippen molar-refractivity contribution in [1.29, 1.82) is 0 Å². The summed E-state index contributed by atoms with van der Waals surface area (Å²) in [5, 5.41) is 9.25. The normalized spacial score (nSPS) is 17.9. The minimum Gasteiger partial charge on any atom is -0.478 e. The molecule has 0 atom stereocenters. The van der Waals surface area contributed by atoms with Crippen LogP contribution >= 0.6 is 0 Å². The van der Waals surface area contributed by atoms with Crippen molar-refractivity contribution < 1.29 is 19.4 Å². The maximum atomic E-state index is 11.3. The van der Waals surface area contributed by atoms with E-state index in [1.165, 1.54) is 6.20 Å². The van der Waals surface area contributed by atoms with Gasteiger partial charge in [-0.2, -0.15) is 0 Å². The summed E-state index contributed by atoms with van der Waals surface area (Å²) in [5.41, 5.74) is 0.152. The van der Waals surface area contributed by atoms with Crippen molar-refractivity contribution in [2.45, 2.75) is 45.1 Å². The van der Waals surface area contributed by atoms with Gasteiger partial charge >= 0.3 is 5.97 Å². The number of carbonyl (C=O) groups is 1. The Morgan fingerprint density at radius 1 is 1.48 bits per heavy atom. The van der Waals surface area contributed by atoms with Crippen LogP contribution in [0.4, 0.5) is 0 Å². The van der Waals surface area contributed by atoms with Crippen molar-refractivity contribution in [2.24, 2.45) is 0 Å². The molecule has 0 amide bonds. The molecule has 1 aromatic heterocycles. The van der Waals surface area contributed by atoms with Crippen LogP contribution in [0.2, 0.25) is 0 Å². The Bertz CT molecular complexity index is 505. The van der Waals surface area contributed by atoms with E-state index in [9.17, 15) is 9.90 Å². The summed E-state index contributed by atoms with van der Waals surface area (Å²) < 4.78 is 11.3. The molecule has 1 fully saturated rings. The molecule has 0 bridgehead atoms. The van der Waals surface area contributed by atoms with Crippen molar-refractivity contribution in [2.75, 3.05) is 19.8 Å². The van der Waals surface area contributed by atoms with Crippen LogP contribution in [0.15, 0.2) is 6.20 Å². The third kappa shape index (κ3) is 3.22. The van der Waals surface area contributed by atoms with E-state index in [-0.39, 0.29) is 11.5 Å². The Morgan fingerprint density at radius 2 is 2.14 bits per heavy atom. The van der Waals surface area contributed by atoms with E-state index in [1.54, 1.807) is 0 Å². The molecule has 1 aliphatic heterocycles. The maximum Gasteiger partial charge on any atom is 0.339 e. The van der Waals surface area contributed by atoms with Gasteiger partial charge in [0.1, 0.15) is 5.60 Å². The number of aromatic carboxylic acids is 1. The number of carboxylic acids is 1. The maximum absolute atomic E-state index is 11.3. The lowest BCUT2D eigenvalue weighted by atomic mass is 9.92. The Hall–Kier alpha value is -1.53. The van der Waals surface area contributed by atoms with Gasteiger partial charge in [-0.1, -0.05) is 13.8 Å². The van der Waals surface area contributed by atoms with E-state index >= 15 is 0 Å². The van der Waals surface area contributed by atoms with Gasteiger partial charge in [0, 0.05) is 38.9 Å². The first-order valence-electron chi connectivity index (χ1n) is 7.32. The van der Waals surface area contributed by atoms with Crippen LogP contribution in [-0.4, -0.2) is 40.9 Å². The molecule has 116 valence electrons. The van der Waals surface area contributed by atoms with Crippen molar-refractivity contribution in [1.82, 2.24) is 9.97 Å². The second-order valence-corrected chi connectivity index (χ2v) is 5.49. The second kappa shape index (κ2) is 6.49. The highest BCUT2D eigenvalue weighted by Gasteiger charge is 2.38. The first-order chi connectivity index (χ1) is 10.00. The highest BCUT2D eigenvalue weighted by molar-refractivity contribution is 5.88. The molecule has 0 saturated carbocycles. The third-order valence-corrected chi connectivity index (χ3v) is 3.72. The average Bonchev–Trinajstić information content (AvgIpc) is 2.47. The fourth-order valence-corrected chi connectivity index (χ4v) is 2.63. The van der Waals surface area contributed by atoms with Crippen molar-refractivity contribution in [3.05, 3.63) is 23.3 Å². The zero-order valence-electron chi connectivity index (χ0n) is 12.8. The van der Waals surface area contributed by atoms with E-state index < -0.39 is 11.6 Å². The summed E-state index contributed by atoms with van der Waals surface area (Å²) >= 11 is 0. The number of nitrogens with zero attached hydrogens (tertiary/aromatic N) is 2. The van der Waals surface area contributed by atoms with Crippen molar-refractivity contribution in [3.63, 3.8) is 0 Å². The monoisotopic (exact) mass is 294 g/mol. The smallest absolute Gasteiger partial charge is 0.339 e. The first-order valence-corrected chi connectivity index (χ1v) is 7.32. The molecule has 2 rings (SSSR count). The predicted molar refractivity (Wildman–Crippen MR) is 76.4 cm³/mol. The fraction of sp³-hybridized carbons (Fsp3) is 0.667. The largest absolute Gasteiger partial charge is 0.478 e. The van der Waals surface area contributed by atoms with Crippen LogP contribution in [0.5, 0.6) is 0 Å². The van der Waals surface area contributed by atoms with E-state index in [2.05, 4.69) is 9.97 Å². The van der Waals surface area contributed by atoms with Gasteiger partial charge in [0.15, 0.2) is 5.82 Å². The number of hydrogen-bond acceptors (Lipinski definition) is 5. The lowest BCUT2D eigenvalue weighted by molar-refractivity contribution is -0.118. The van der Waals surface area contributed by atoms with Crippen LogP contribution < -0.4 is 0 Å². The van der Waals surface area contributed by atoms with Gasteiger partial charge < -0.3 is 14.6 Å². The molecule has 1 saturated heterocycles. The molecular weight excluding hydrogens is 272 g/mol. The Morgan fingerprint density at radius 3 is 2.67 bits per heavy atom. The molecule has 6 heteroatoms. The predicted octanol–water partition coefficient (Wildman–Crippen LogP) is 2.34. The number of ether oxygens (including phenoxy) is 2. The molecule has 21 heavy (non-hydrogen) atoms. The minimum absolute atomic E-state index is 0.0105. The Balaban J connectivity index is 2.46. The summed E-state index contributed by atoms with van der Waals surface area (Å²) in [4.78, 5) is 20.1.